The van der Waals surface area contributed by atoms with Crippen molar-refractivity contribution < 1.29 is 18.7 Å². The quantitative estimate of drug-likeness (QED) is 0.571. The Morgan fingerprint density at radius 3 is 2.49 bits per heavy atom. The number of amides is 2. The molecular weight excluding hydrogens is 444 g/mol. The van der Waals surface area contributed by atoms with Gasteiger partial charge < -0.3 is 14.5 Å². The molecule has 0 unspecified atom stereocenters. The average molecular weight is 477 g/mol. The van der Waals surface area contributed by atoms with Crippen molar-refractivity contribution in [1.29, 1.82) is 0 Å². The lowest BCUT2D eigenvalue weighted by Crippen LogP contribution is -2.65. The minimum absolute atomic E-state index is 0.116. The summed E-state index contributed by atoms with van der Waals surface area (Å²) in [6.45, 7) is 2.06. The van der Waals surface area contributed by atoms with Crippen molar-refractivity contribution in [3.63, 3.8) is 0 Å². The molecule has 1 fully saturated rings. The number of benzene rings is 1. The van der Waals surface area contributed by atoms with Crippen molar-refractivity contribution >= 4 is 17.5 Å². The largest absolute Gasteiger partial charge is 0.497 e. The number of methoxy groups -OCH3 is 1. The van der Waals surface area contributed by atoms with E-state index in [1.54, 1.807) is 53.3 Å². The highest BCUT2D eigenvalue weighted by atomic mass is 16.5. The van der Waals surface area contributed by atoms with Gasteiger partial charge in [0.1, 0.15) is 22.7 Å². The zero-order valence-corrected chi connectivity index (χ0v) is 20.3. The number of carbonyl (C=O) groups excluding carboxylic acids is 2. The molecule has 8 nitrogen and oxygen atoms in total. The molecule has 35 heavy (non-hydrogen) atoms. The second kappa shape index (κ2) is 9.60. The van der Waals surface area contributed by atoms with Crippen LogP contribution in [-0.4, -0.2) is 40.3 Å². The van der Waals surface area contributed by atoms with Gasteiger partial charge in [-0.25, -0.2) is 0 Å². The molecule has 0 radical (unpaired) electrons. The fourth-order valence-electron chi connectivity index (χ4n) is 5.20. The summed E-state index contributed by atoms with van der Waals surface area (Å²) in [5.41, 5.74) is 0.465. The van der Waals surface area contributed by atoms with Gasteiger partial charge in [-0.1, -0.05) is 32.1 Å². The third-order valence-corrected chi connectivity index (χ3v) is 7.19. The van der Waals surface area contributed by atoms with E-state index in [0.717, 1.165) is 25.7 Å². The summed E-state index contributed by atoms with van der Waals surface area (Å²) in [4.78, 5) is 29.4. The summed E-state index contributed by atoms with van der Waals surface area (Å²) >= 11 is 0. The van der Waals surface area contributed by atoms with Crippen LogP contribution < -0.4 is 15.0 Å². The van der Waals surface area contributed by atoms with E-state index in [0.29, 0.717) is 28.6 Å². The standard InChI is InChI=1S/C27H32N4O4/c1-27(26(33)28-19-9-6-4-3-5-7-10-19)18-30-23(17-22(29-30)24-11-8-16-35-24)25(32)31(27)20-12-14-21(34-2)15-13-20/h8,11-17,19H,3-7,9-10,18H2,1-2H3,(H,28,33)/t27-/m1/s1. The lowest BCUT2D eigenvalue weighted by molar-refractivity contribution is -0.127. The van der Waals surface area contributed by atoms with Crippen LogP contribution in [0.15, 0.2) is 53.1 Å². The molecule has 3 aromatic rings. The SMILES string of the molecule is COc1ccc(N2C(=O)c3cc(-c4ccco4)nn3C[C@]2(C)C(=O)NC2CCCCCCC2)cc1. The van der Waals surface area contributed by atoms with Gasteiger partial charge in [0.2, 0.25) is 5.91 Å². The summed E-state index contributed by atoms with van der Waals surface area (Å²) in [7, 11) is 1.60. The second-order valence-electron chi connectivity index (χ2n) is 9.68. The van der Waals surface area contributed by atoms with Crippen molar-refractivity contribution in [2.45, 2.75) is 70.0 Å². The monoisotopic (exact) mass is 476 g/mol. The molecule has 2 aliphatic rings. The maximum Gasteiger partial charge on any atom is 0.277 e. The molecule has 184 valence electrons. The summed E-state index contributed by atoms with van der Waals surface area (Å²) in [5, 5.41) is 7.91. The summed E-state index contributed by atoms with van der Waals surface area (Å²) in [5.74, 6) is 0.829. The van der Waals surface area contributed by atoms with Crippen LogP contribution in [0.3, 0.4) is 0 Å². The number of ether oxygens (including phenoxy) is 1. The molecule has 0 saturated heterocycles. The first-order valence-corrected chi connectivity index (χ1v) is 12.4. The molecule has 5 rings (SSSR count). The smallest absolute Gasteiger partial charge is 0.277 e. The number of fused-ring (bicyclic) bond motifs is 1. The van der Waals surface area contributed by atoms with Crippen molar-refractivity contribution in [3.8, 4) is 17.2 Å². The molecule has 2 aromatic heterocycles. The van der Waals surface area contributed by atoms with Gasteiger partial charge >= 0.3 is 0 Å². The van der Waals surface area contributed by atoms with E-state index in [4.69, 9.17) is 9.15 Å². The highest BCUT2D eigenvalue weighted by Gasteiger charge is 2.49. The number of nitrogens with one attached hydrogen (secondary N) is 1. The highest BCUT2D eigenvalue weighted by molar-refractivity contribution is 6.12. The van der Waals surface area contributed by atoms with Crippen LogP contribution in [0.25, 0.3) is 11.5 Å². The van der Waals surface area contributed by atoms with Gasteiger partial charge in [-0.15, -0.1) is 0 Å². The number of nitrogens with zero attached hydrogens (tertiary/aromatic N) is 3. The summed E-state index contributed by atoms with van der Waals surface area (Å²) in [6, 6.07) is 12.7. The Morgan fingerprint density at radius 1 is 1.11 bits per heavy atom. The van der Waals surface area contributed by atoms with E-state index in [9.17, 15) is 9.59 Å². The van der Waals surface area contributed by atoms with E-state index < -0.39 is 5.54 Å². The number of carbonyl (C=O) groups is 2. The Kier molecular flexibility index (Phi) is 6.36. The minimum atomic E-state index is -1.16. The number of aromatic nitrogens is 2. The van der Waals surface area contributed by atoms with Gasteiger partial charge in [-0.05, 0) is 56.2 Å². The Labute approximate surface area is 205 Å². The topological polar surface area (TPSA) is 89.6 Å². The van der Waals surface area contributed by atoms with Crippen molar-refractivity contribution in [3.05, 3.63) is 54.4 Å². The van der Waals surface area contributed by atoms with E-state index in [1.807, 2.05) is 19.1 Å². The molecule has 0 spiro atoms. The Bertz CT molecular complexity index is 1180. The molecular formula is C27H32N4O4. The fourth-order valence-corrected chi connectivity index (χ4v) is 5.20. The number of hydrogen-bond donors (Lipinski definition) is 1. The maximum absolute atomic E-state index is 13.9. The Hall–Kier alpha value is -3.55. The zero-order valence-electron chi connectivity index (χ0n) is 20.3. The van der Waals surface area contributed by atoms with E-state index in [1.165, 1.54) is 19.3 Å². The van der Waals surface area contributed by atoms with Crippen LogP contribution in [-0.2, 0) is 11.3 Å². The van der Waals surface area contributed by atoms with Crippen LogP contribution in [0, 0.1) is 0 Å². The molecule has 1 aromatic carbocycles. The molecule has 1 atom stereocenters. The van der Waals surface area contributed by atoms with Crippen LogP contribution in [0.1, 0.15) is 62.4 Å². The predicted molar refractivity (Wildman–Crippen MR) is 132 cm³/mol. The lowest BCUT2D eigenvalue weighted by atomic mass is 9.91. The van der Waals surface area contributed by atoms with Gasteiger partial charge in [-0.3, -0.25) is 19.2 Å². The fraction of sp³-hybridized carbons (Fsp3) is 0.444. The summed E-state index contributed by atoms with van der Waals surface area (Å²) < 4.78 is 12.4. The van der Waals surface area contributed by atoms with Crippen LogP contribution in [0.5, 0.6) is 5.75 Å². The van der Waals surface area contributed by atoms with Crippen molar-refractivity contribution in [2.75, 3.05) is 12.0 Å². The molecule has 1 aliphatic heterocycles. The van der Waals surface area contributed by atoms with Gasteiger partial charge in [-0.2, -0.15) is 5.10 Å². The van der Waals surface area contributed by atoms with Crippen LogP contribution in [0.2, 0.25) is 0 Å². The normalized spacial score (nSPS) is 21.2. The summed E-state index contributed by atoms with van der Waals surface area (Å²) in [6.07, 6.45) is 9.39. The third-order valence-electron chi connectivity index (χ3n) is 7.19. The van der Waals surface area contributed by atoms with Crippen LogP contribution >= 0.6 is 0 Å². The van der Waals surface area contributed by atoms with Gasteiger partial charge in [0.15, 0.2) is 5.76 Å². The van der Waals surface area contributed by atoms with Crippen molar-refractivity contribution in [2.24, 2.45) is 0 Å². The van der Waals surface area contributed by atoms with E-state index >= 15 is 0 Å². The molecule has 0 bridgehead atoms. The van der Waals surface area contributed by atoms with E-state index in [-0.39, 0.29) is 24.4 Å². The Balaban J connectivity index is 1.51. The predicted octanol–water partition coefficient (Wildman–Crippen LogP) is 4.80. The average Bonchev–Trinajstić information content (AvgIpc) is 3.51. The molecule has 1 aliphatic carbocycles. The first-order valence-electron chi connectivity index (χ1n) is 12.4. The van der Waals surface area contributed by atoms with Crippen LogP contribution in [0.4, 0.5) is 5.69 Å². The number of anilines is 1. The lowest BCUT2D eigenvalue weighted by Gasteiger charge is -2.43. The zero-order chi connectivity index (χ0) is 24.4. The van der Waals surface area contributed by atoms with Gasteiger partial charge in [0.05, 0.1) is 19.9 Å². The first kappa shape index (κ1) is 23.2. The number of rotatable bonds is 5. The molecule has 8 heteroatoms. The second-order valence-corrected chi connectivity index (χ2v) is 9.68. The van der Waals surface area contributed by atoms with Gasteiger partial charge in [0.25, 0.3) is 5.91 Å². The Morgan fingerprint density at radius 2 is 1.83 bits per heavy atom. The van der Waals surface area contributed by atoms with E-state index in [2.05, 4.69) is 10.4 Å². The first-order chi connectivity index (χ1) is 17.0. The molecule has 2 amide bonds. The molecule has 3 heterocycles. The number of furan rings is 1. The minimum Gasteiger partial charge on any atom is -0.497 e. The number of hydrogen-bond acceptors (Lipinski definition) is 5. The highest BCUT2D eigenvalue weighted by Crippen LogP contribution is 2.35. The van der Waals surface area contributed by atoms with Crippen molar-refractivity contribution in [1.82, 2.24) is 15.1 Å². The molecule has 1 N–H and O–H groups in total. The maximum atomic E-state index is 13.9. The molecule has 1 saturated carbocycles. The third kappa shape index (κ3) is 4.45. The van der Waals surface area contributed by atoms with Gasteiger partial charge in [0, 0.05) is 17.8 Å².